The van der Waals surface area contributed by atoms with Gasteiger partial charge in [-0.1, -0.05) is 48.5 Å². The number of nitrogens with two attached hydrogens (primary N) is 2. The molecule has 0 amide bonds. The molecular formula is C32H29N5O9. The molecule has 4 rings (SSSR count). The van der Waals surface area contributed by atoms with Gasteiger partial charge in [0.05, 0.1) is 0 Å². The summed E-state index contributed by atoms with van der Waals surface area (Å²) in [7, 11) is 3.38. The summed E-state index contributed by atoms with van der Waals surface area (Å²) in [6, 6.07) is 22.9. The zero-order valence-corrected chi connectivity index (χ0v) is 24.5. The van der Waals surface area contributed by atoms with Crippen molar-refractivity contribution < 1.29 is 43.6 Å². The molecule has 4 aromatic carbocycles. The fourth-order valence-corrected chi connectivity index (χ4v) is 3.51. The molecule has 0 aliphatic rings. The largest absolute Gasteiger partial charge is 0.507 e. The second kappa shape index (κ2) is 15.7. The van der Waals surface area contributed by atoms with Crippen LogP contribution < -0.4 is 25.7 Å². The van der Waals surface area contributed by atoms with E-state index in [2.05, 4.69) is 4.99 Å². The monoisotopic (exact) mass is 627 g/mol. The third-order valence-electron chi connectivity index (χ3n) is 5.72. The Morgan fingerprint density at radius 2 is 0.978 bits per heavy atom. The summed E-state index contributed by atoms with van der Waals surface area (Å²) in [6.07, 6.45) is 0. The Balaban J connectivity index is 0.000000559. The molecule has 14 nitrogen and oxygen atoms in total. The zero-order valence-electron chi connectivity index (χ0n) is 24.5. The number of aromatic hydroxyl groups is 1. The minimum Gasteiger partial charge on any atom is -0.507 e. The van der Waals surface area contributed by atoms with Gasteiger partial charge in [0, 0.05) is 14.1 Å². The lowest BCUT2D eigenvalue weighted by Crippen LogP contribution is -2.28. The van der Waals surface area contributed by atoms with Crippen LogP contribution in [0.5, 0.6) is 23.0 Å². The van der Waals surface area contributed by atoms with Crippen molar-refractivity contribution in [2.45, 2.75) is 0 Å². The number of para-hydroxylation sites is 4. The first kappa shape index (κ1) is 33.8. The van der Waals surface area contributed by atoms with Crippen molar-refractivity contribution >= 4 is 35.8 Å². The van der Waals surface area contributed by atoms with Gasteiger partial charge in [0.2, 0.25) is 5.96 Å². The number of carboxylic acids is 1. The molecule has 0 saturated carbocycles. The SMILES string of the molecule is CN(C)C(=N)N=C(N)N.O=C(Oc1ccccc1C(=O)Oc1ccccc1C(=O)Oc1ccccc1C(=O)O)c1ccccc1O. The number of phenolic OH excluding ortho intramolecular Hbond substituents is 1. The van der Waals surface area contributed by atoms with E-state index in [1.54, 1.807) is 26.2 Å². The van der Waals surface area contributed by atoms with Gasteiger partial charge in [-0.3, -0.25) is 5.41 Å². The quantitative estimate of drug-likeness (QED) is 0.0858. The molecule has 0 aromatic heterocycles. The molecule has 7 N–H and O–H groups in total. The van der Waals surface area contributed by atoms with Crippen LogP contribution in [0.2, 0.25) is 0 Å². The third-order valence-corrected chi connectivity index (χ3v) is 5.72. The number of benzene rings is 4. The molecule has 236 valence electrons. The van der Waals surface area contributed by atoms with Crippen LogP contribution >= 0.6 is 0 Å². The summed E-state index contributed by atoms with van der Waals surface area (Å²) < 4.78 is 16.0. The summed E-state index contributed by atoms with van der Waals surface area (Å²) in [5, 5.41) is 26.3. The predicted octanol–water partition coefficient (Wildman–Crippen LogP) is 3.50. The van der Waals surface area contributed by atoms with Crippen LogP contribution in [0, 0.1) is 5.41 Å². The highest BCUT2D eigenvalue weighted by Crippen LogP contribution is 2.27. The standard InChI is InChI=1S/C28H18O9.C4H11N5/c29-21-13-5-1-9-17(21)26(32)36-23-15-7-3-11-19(23)28(34)37-24-16-8-4-12-20(24)27(33)35-22-14-6-2-10-18(22)25(30)31;1-9(2)4(7)8-3(5)6/h1-16,29H,(H,30,31);1-2H3,(H5,5,6,7,8). The number of hydrogen-bond acceptors (Lipinski definition) is 9. The normalized spacial score (nSPS) is 9.87. The number of nitrogens with one attached hydrogen (secondary N) is 1. The highest BCUT2D eigenvalue weighted by Gasteiger charge is 2.23. The first-order valence-corrected chi connectivity index (χ1v) is 13.2. The number of nitrogens with zero attached hydrogens (tertiary/aromatic N) is 2. The molecule has 46 heavy (non-hydrogen) atoms. The number of rotatable bonds is 7. The fraction of sp³-hybridized carbons (Fsp3) is 0.0625. The van der Waals surface area contributed by atoms with Gasteiger partial charge in [0.15, 0.2) is 5.96 Å². The van der Waals surface area contributed by atoms with Crippen LogP contribution in [0.4, 0.5) is 0 Å². The van der Waals surface area contributed by atoms with E-state index in [1.807, 2.05) is 0 Å². The maximum absolute atomic E-state index is 13.0. The highest BCUT2D eigenvalue weighted by molar-refractivity contribution is 6.00. The van der Waals surface area contributed by atoms with E-state index in [0.29, 0.717) is 0 Å². The average Bonchev–Trinajstić information content (AvgIpc) is 3.01. The Kier molecular flexibility index (Phi) is 11.5. The Hall–Kier alpha value is -6.70. The second-order valence-electron chi connectivity index (χ2n) is 9.23. The molecular weight excluding hydrogens is 598 g/mol. The Bertz CT molecular complexity index is 1800. The summed E-state index contributed by atoms with van der Waals surface area (Å²) in [4.78, 5) is 54.7. The van der Waals surface area contributed by atoms with Crippen molar-refractivity contribution in [3.05, 3.63) is 119 Å². The number of phenols is 1. The van der Waals surface area contributed by atoms with Gasteiger partial charge in [-0.25, -0.2) is 19.2 Å². The molecule has 0 heterocycles. The number of ether oxygens (including phenoxy) is 3. The van der Waals surface area contributed by atoms with E-state index in [-0.39, 0.29) is 57.2 Å². The van der Waals surface area contributed by atoms with Crippen LogP contribution in [0.3, 0.4) is 0 Å². The van der Waals surface area contributed by atoms with E-state index < -0.39 is 23.9 Å². The van der Waals surface area contributed by atoms with E-state index in [1.165, 1.54) is 89.8 Å². The molecule has 0 unspecified atom stereocenters. The number of aromatic carboxylic acids is 1. The molecule has 0 spiro atoms. The molecule has 0 aliphatic heterocycles. The summed E-state index contributed by atoms with van der Waals surface area (Å²) in [6.45, 7) is 0. The summed E-state index contributed by atoms with van der Waals surface area (Å²) in [5.74, 6) is -4.85. The highest BCUT2D eigenvalue weighted by atomic mass is 16.6. The molecule has 0 aliphatic carbocycles. The van der Waals surface area contributed by atoms with Crippen molar-refractivity contribution in [1.82, 2.24) is 4.90 Å². The Labute approximate surface area is 262 Å². The number of guanidine groups is 2. The summed E-state index contributed by atoms with van der Waals surface area (Å²) in [5.41, 5.74) is 9.41. The van der Waals surface area contributed by atoms with E-state index in [0.717, 1.165) is 0 Å². The van der Waals surface area contributed by atoms with Crippen molar-refractivity contribution in [1.29, 1.82) is 5.41 Å². The third kappa shape index (κ3) is 9.15. The van der Waals surface area contributed by atoms with Gasteiger partial charge in [0.1, 0.15) is 45.3 Å². The van der Waals surface area contributed by atoms with Crippen LogP contribution in [0.25, 0.3) is 0 Å². The summed E-state index contributed by atoms with van der Waals surface area (Å²) >= 11 is 0. The van der Waals surface area contributed by atoms with E-state index in [9.17, 15) is 29.4 Å². The average molecular weight is 628 g/mol. The van der Waals surface area contributed by atoms with Crippen LogP contribution in [0.1, 0.15) is 41.4 Å². The lowest BCUT2D eigenvalue weighted by molar-refractivity contribution is 0.0677. The molecule has 0 saturated heterocycles. The van der Waals surface area contributed by atoms with Crippen LogP contribution in [-0.4, -0.2) is 65.0 Å². The maximum Gasteiger partial charge on any atom is 0.347 e. The number of esters is 3. The number of carbonyl (C=O) groups excluding carboxylic acids is 3. The predicted molar refractivity (Wildman–Crippen MR) is 166 cm³/mol. The van der Waals surface area contributed by atoms with Crippen LogP contribution in [0.15, 0.2) is 102 Å². The van der Waals surface area contributed by atoms with E-state index in [4.69, 9.17) is 31.1 Å². The molecule has 14 heteroatoms. The first-order chi connectivity index (χ1) is 21.9. The molecule has 4 aromatic rings. The van der Waals surface area contributed by atoms with Crippen molar-refractivity contribution in [2.24, 2.45) is 16.5 Å². The van der Waals surface area contributed by atoms with Crippen molar-refractivity contribution in [2.75, 3.05) is 14.1 Å². The molecule has 0 fully saturated rings. The molecule has 0 bridgehead atoms. The zero-order chi connectivity index (χ0) is 33.8. The fourth-order valence-electron chi connectivity index (χ4n) is 3.51. The van der Waals surface area contributed by atoms with Gasteiger partial charge in [0.25, 0.3) is 0 Å². The lowest BCUT2D eigenvalue weighted by atomic mass is 10.1. The minimum atomic E-state index is -1.28. The molecule has 0 atom stereocenters. The van der Waals surface area contributed by atoms with Crippen molar-refractivity contribution in [3.63, 3.8) is 0 Å². The van der Waals surface area contributed by atoms with Gasteiger partial charge < -0.3 is 40.8 Å². The molecule has 0 radical (unpaired) electrons. The number of carbonyl (C=O) groups is 4. The maximum atomic E-state index is 13.0. The van der Waals surface area contributed by atoms with Gasteiger partial charge >= 0.3 is 23.9 Å². The number of hydrogen-bond donors (Lipinski definition) is 5. The van der Waals surface area contributed by atoms with Gasteiger partial charge in [-0.2, -0.15) is 4.99 Å². The number of carboxylic acid groups (broad SMARTS) is 1. The Morgan fingerprint density at radius 1 is 0.630 bits per heavy atom. The number of aliphatic imine (C=N–C) groups is 1. The van der Waals surface area contributed by atoms with Gasteiger partial charge in [-0.15, -0.1) is 0 Å². The lowest BCUT2D eigenvalue weighted by Gasteiger charge is -2.13. The van der Waals surface area contributed by atoms with Gasteiger partial charge in [-0.05, 0) is 48.5 Å². The smallest absolute Gasteiger partial charge is 0.347 e. The second-order valence-corrected chi connectivity index (χ2v) is 9.23. The Morgan fingerprint density at radius 3 is 1.35 bits per heavy atom. The first-order valence-electron chi connectivity index (χ1n) is 13.2. The van der Waals surface area contributed by atoms with E-state index >= 15 is 0 Å². The topological polar surface area (TPSA) is 228 Å². The minimum absolute atomic E-state index is 0.0509. The van der Waals surface area contributed by atoms with Crippen molar-refractivity contribution in [3.8, 4) is 23.0 Å². The van der Waals surface area contributed by atoms with Crippen LogP contribution in [-0.2, 0) is 0 Å².